The first-order chi connectivity index (χ1) is 15.9. The summed E-state index contributed by atoms with van der Waals surface area (Å²) in [5, 5.41) is 22.8. The van der Waals surface area contributed by atoms with Gasteiger partial charge in [-0.2, -0.15) is 0 Å². The number of hydrogen-bond acceptors (Lipinski definition) is 4. The summed E-state index contributed by atoms with van der Waals surface area (Å²) in [7, 11) is 0. The van der Waals surface area contributed by atoms with Crippen molar-refractivity contribution in [2.24, 2.45) is 5.41 Å². The molecule has 4 heteroatoms. The summed E-state index contributed by atoms with van der Waals surface area (Å²) in [5.74, 6) is 0.185. The second-order valence-corrected chi connectivity index (χ2v) is 12.9. The number of benzene rings is 1. The van der Waals surface area contributed by atoms with Crippen molar-refractivity contribution in [3.05, 3.63) is 63.5 Å². The zero-order chi connectivity index (χ0) is 24.6. The summed E-state index contributed by atoms with van der Waals surface area (Å²) in [5.41, 5.74) is 6.53. The molecular formula is C30H41NO3. The largest absolute Gasteiger partial charge is 0.388 e. The molecule has 4 nitrogen and oxygen atoms in total. The number of fused-ring (bicyclic) bond motifs is 4. The number of pyridine rings is 1. The van der Waals surface area contributed by atoms with Gasteiger partial charge < -0.3 is 14.9 Å². The van der Waals surface area contributed by atoms with Crippen LogP contribution in [0.5, 0.6) is 0 Å². The van der Waals surface area contributed by atoms with Crippen molar-refractivity contribution in [3.8, 4) is 0 Å². The van der Waals surface area contributed by atoms with Crippen LogP contribution in [0.3, 0.4) is 0 Å². The lowest BCUT2D eigenvalue weighted by atomic mass is 9.69. The van der Waals surface area contributed by atoms with Crippen molar-refractivity contribution in [1.29, 1.82) is 0 Å². The van der Waals surface area contributed by atoms with Crippen LogP contribution >= 0.6 is 0 Å². The van der Waals surface area contributed by atoms with E-state index in [9.17, 15) is 10.2 Å². The Morgan fingerprint density at radius 3 is 2.18 bits per heavy atom. The van der Waals surface area contributed by atoms with E-state index in [4.69, 9.17) is 9.72 Å². The molecule has 1 aromatic carbocycles. The smallest absolute Gasteiger partial charge is 0.111 e. The highest BCUT2D eigenvalue weighted by molar-refractivity contribution is 5.55. The van der Waals surface area contributed by atoms with E-state index >= 15 is 0 Å². The molecule has 3 aliphatic rings. The van der Waals surface area contributed by atoms with E-state index < -0.39 is 23.2 Å². The first-order valence-electron chi connectivity index (χ1n) is 13.1. The van der Waals surface area contributed by atoms with Gasteiger partial charge in [0.1, 0.15) is 12.2 Å². The van der Waals surface area contributed by atoms with Gasteiger partial charge in [-0.05, 0) is 52.7 Å². The lowest BCUT2D eigenvalue weighted by molar-refractivity contribution is -0.0598. The van der Waals surface area contributed by atoms with Crippen LogP contribution in [-0.2, 0) is 15.8 Å². The van der Waals surface area contributed by atoms with Crippen LogP contribution in [0.4, 0.5) is 0 Å². The predicted molar refractivity (Wildman–Crippen MR) is 135 cm³/mol. The van der Waals surface area contributed by atoms with Gasteiger partial charge in [0.25, 0.3) is 0 Å². The van der Waals surface area contributed by atoms with Crippen molar-refractivity contribution < 1.29 is 14.9 Å². The molecule has 1 spiro atoms. The molecule has 1 aromatic heterocycles. The van der Waals surface area contributed by atoms with E-state index in [1.807, 2.05) is 13.8 Å². The molecule has 5 rings (SSSR count). The highest BCUT2D eigenvalue weighted by Crippen LogP contribution is 2.60. The number of hydrogen-bond donors (Lipinski definition) is 2. The first-order valence-corrected chi connectivity index (χ1v) is 13.1. The van der Waals surface area contributed by atoms with Gasteiger partial charge >= 0.3 is 0 Å². The Morgan fingerprint density at radius 2 is 1.62 bits per heavy atom. The molecule has 0 saturated heterocycles. The number of rotatable bonds is 2. The number of nitrogens with zero attached hydrogens (tertiary/aromatic N) is 1. The van der Waals surface area contributed by atoms with E-state index in [1.165, 1.54) is 5.56 Å². The summed E-state index contributed by atoms with van der Waals surface area (Å²) < 4.78 is 7.05. The Labute approximate surface area is 204 Å². The summed E-state index contributed by atoms with van der Waals surface area (Å²) in [6.07, 6.45) is 3.14. The van der Waals surface area contributed by atoms with Crippen molar-refractivity contribution in [3.63, 3.8) is 0 Å². The zero-order valence-electron chi connectivity index (χ0n) is 21.9. The highest BCUT2D eigenvalue weighted by Gasteiger charge is 2.54. The molecule has 0 radical (unpaired) electrons. The molecule has 34 heavy (non-hydrogen) atoms. The van der Waals surface area contributed by atoms with Gasteiger partial charge in [0.15, 0.2) is 0 Å². The molecular weight excluding hydrogens is 422 g/mol. The molecule has 0 unspecified atom stereocenters. The monoisotopic (exact) mass is 463 g/mol. The zero-order valence-corrected chi connectivity index (χ0v) is 21.9. The van der Waals surface area contributed by atoms with Crippen LogP contribution < -0.4 is 0 Å². The molecule has 1 aliphatic heterocycles. The van der Waals surface area contributed by atoms with E-state index in [1.54, 1.807) is 0 Å². The Hall–Kier alpha value is -1.75. The van der Waals surface area contributed by atoms with Crippen molar-refractivity contribution in [2.75, 3.05) is 0 Å². The van der Waals surface area contributed by atoms with E-state index in [-0.39, 0.29) is 17.4 Å². The van der Waals surface area contributed by atoms with Crippen LogP contribution in [0.25, 0.3) is 0 Å². The molecule has 2 aromatic rings. The Kier molecular flexibility index (Phi) is 5.55. The first kappa shape index (κ1) is 24.0. The maximum atomic E-state index is 11.4. The third-order valence-corrected chi connectivity index (χ3v) is 8.48. The molecule has 2 aliphatic carbocycles. The minimum absolute atomic E-state index is 0.0937. The average molecular weight is 464 g/mol. The van der Waals surface area contributed by atoms with Crippen LogP contribution in [0.15, 0.2) is 24.3 Å². The maximum absolute atomic E-state index is 11.4. The quantitative estimate of drug-likeness (QED) is 0.509. The molecule has 184 valence electrons. The summed E-state index contributed by atoms with van der Waals surface area (Å²) in [4.78, 5) is 5.11. The SMILES string of the molecule is CC(C)c1nc2c(c3c1[C@@H](c1ccc(C(C)(C)C)cc1)OC31CCCC1)[C@@H](O)CC(C)(C)[C@H]2O. The summed E-state index contributed by atoms with van der Waals surface area (Å²) in [6.45, 7) is 15.1. The van der Waals surface area contributed by atoms with E-state index in [0.717, 1.165) is 53.6 Å². The standard InChI is InChI=1S/C30H41NO3/c1-17(2)24-22-23(21-20(32)16-29(6,7)27(33)25(21)31-24)30(14-8-9-15-30)34-26(22)18-10-12-19(13-11-18)28(3,4)5/h10-13,17,20,26-27,32-33H,8-9,14-16H2,1-7H3/t20-,26+,27-/m0/s1. The lowest BCUT2D eigenvalue weighted by Crippen LogP contribution is -2.35. The van der Waals surface area contributed by atoms with Gasteiger partial charge in [0.05, 0.1) is 17.4 Å². The van der Waals surface area contributed by atoms with Gasteiger partial charge in [-0.3, -0.25) is 4.98 Å². The van der Waals surface area contributed by atoms with Crippen LogP contribution in [0, 0.1) is 5.41 Å². The van der Waals surface area contributed by atoms with Gasteiger partial charge in [-0.25, -0.2) is 0 Å². The van der Waals surface area contributed by atoms with Crippen LogP contribution in [0.1, 0.15) is 144 Å². The molecule has 1 fully saturated rings. The van der Waals surface area contributed by atoms with E-state index in [2.05, 4.69) is 58.9 Å². The highest BCUT2D eigenvalue weighted by atomic mass is 16.5. The molecule has 3 atom stereocenters. The Bertz CT molecular complexity index is 1090. The molecule has 0 amide bonds. The van der Waals surface area contributed by atoms with Gasteiger partial charge in [0, 0.05) is 16.8 Å². The fraction of sp³-hybridized carbons (Fsp3) is 0.633. The number of ether oxygens (including phenoxy) is 1. The minimum Gasteiger partial charge on any atom is -0.388 e. The van der Waals surface area contributed by atoms with Crippen LogP contribution in [-0.4, -0.2) is 15.2 Å². The molecule has 2 heterocycles. The van der Waals surface area contributed by atoms with E-state index in [0.29, 0.717) is 12.1 Å². The fourth-order valence-corrected chi connectivity index (χ4v) is 6.53. The minimum atomic E-state index is -0.697. The predicted octanol–water partition coefficient (Wildman–Crippen LogP) is 6.89. The molecule has 2 N–H and O–H groups in total. The average Bonchev–Trinajstić information content (AvgIpc) is 3.36. The second-order valence-electron chi connectivity index (χ2n) is 12.9. The van der Waals surface area contributed by atoms with Crippen molar-refractivity contribution >= 4 is 0 Å². The number of aliphatic hydroxyl groups is 2. The van der Waals surface area contributed by atoms with Gasteiger partial charge in [-0.15, -0.1) is 0 Å². The Balaban J connectivity index is 1.76. The third-order valence-electron chi connectivity index (χ3n) is 8.48. The normalized spacial score (nSPS) is 27.3. The Morgan fingerprint density at radius 1 is 1.00 bits per heavy atom. The topological polar surface area (TPSA) is 62.6 Å². The number of aliphatic hydroxyl groups excluding tert-OH is 2. The fourth-order valence-electron chi connectivity index (χ4n) is 6.53. The third kappa shape index (κ3) is 3.56. The summed E-state index contributed by atoms with van der Waals surface area (Å²) in [6, 6.07) is 8.86. The number of aromatic nitrogens is 1. The lowest BCUT2D eigenvalue weighted by Gasteiger charge is -2.41. The van der Waals surface area contributed by atoms with Gasteiger partial charge in [0.2, 0.25) is 0 Å². The maximum Gasteiger partial charge on any atom is 0.111 e. The van der Waals surface area contributed by atoms with Gasteiger partial charge in [-0.1, -0.05) is 85.6 Å². The molecule has 1 saturated carbocycles. The van der Waals surface area contributed by atoms with Crippen LogP contribution in [0.2, 0.25) is 0 Å². The van der Waals surface area contributed by atoms with Crippen molar-refractivity contribution in [2.45, 2.75) is 116 Å². The summed E-state index contributed by atoms with van der Waals surface area (Å²) >= 11 is 0. The van der Waals surface area contributed by atoms with Crippen molar-refractivity contribution in [1.82, 2.24) is 4.98 Å². The molecule has 0 bridgehead atoms. The second kappa shape index (κ2) is 7.88.